The fourth-order valence-corrected chi connectivity index (χ4v) is 3.01. The Balaban J connectivity index is 2.07. The van der Waals surface area contributed by atoms with Crippen LogP contribution in [0.2, 0.25) is 0 Å². The highest BCUT2D eigenvalue weighted by atomic mass is 32.1. The van der Waals surface area contributed by atoms with Crippen LogP contribution in [0.25, 0.3) is 0 Å². The Morgan fingerprint density at radius 1 is 1.33 bits per heavy atom. The summed E-state index contributed by atoms with van der Waals surface area (Å²) in [5.74, 6) is 0.362. The van der Waals surface area contributed by atoms with E-state index in [-0.39, 0.29) is 6.04 Å². The van der Waals surface area contributed by atoms with E-state index in [9.17, 15) is 5.11 Å². The Bertz CT molecular complexity index is 554. The molecule has 1 aromatic heterocycles. The first kappa shape index (κ1) is 15.9. The summed E-state index contributed by atoms with van der Waals surface area (Å²) in [4.78, 5) is 2.15. The van der Waals surface area contributed by atoms with E-state index < -0.39 is 0 Å². The average molecular weight is 304 g/mol. The molecule has 4 heteroatoms. The zero-order valence-electron chi connectivity index (χ0n) is 13.0. The number of phenols is 1. The number of benzene rings is 1. The Labute approximate surface area is 131 Å². The number of rotatable bonds is 7. The zero-order chi connectivity index (χ0) is 15.2. The van der Waals surface area contributed by atoms with Crippen LogP contribution in [-0.2, 0) is 6.54 Å². The maximum absolute atomic E-state index is 10.3. The Morgan fingerprint density at radius 2 is 2.14 bits per heavy atom. The number of hydrogen-bond acceptors (Lipinski definition) is 4. The van der Waals surface area contributed by atoms with Gasteiger partial charge in [-0.05, 0) is 48.3 Å². The van der Waals surface area contributed by atoms with E-state index in [0.717, 1.165) is 30.8 Å². The maximum Gasteiger partial charge on any atom is 0.122 e. The first-order valence-corrected chi connectivity index (χ1v) is 8.34. The van der Waals surface area contributed by atoms with Crippen LogP contribution in [0, 0.1) is 0 Å². The molecule has 2 N–H and O–H groups in total. The second kappa shape index (κ2) is 7.48. The third kappa shape index (κ3) is 4.22. The summed E-state index contributed by atoms with van der Waals surface area (Å²) in [6, 6.07) is 8.24. The smallest absolute Gasteiger partial charge is 0.122 e. The fraction of sp³-hybridized carbons (Fsp3) is 0.412. The van der Waals surface area contributed by atoms with E-state index in [0.29, 0.717) is 5.75 Å². The van der Waals surface area contributed by atoms with Crippen LogP contribution in [0.1, 0.15) is 37.4 Å². The van der Waals surface area contributed by atoms with E-state index in [1.165, 1.54) is 5.56 Å². The summed E-state index contributed by atoms with van der Waals surface area (Å²) in [6.45, 7) is 6.04. The van der Waals surface area contributed by atoms with Gasteiger partial charge in [0.1, 0.15) is 5.75 Å². The fourth-order valence-electron chi connectivity index (χ4n) is 2.35. The van der Waals surface area contributed by atoms with Crippen LogP contribution in [0.15, 0.2) is 35.0 Å². The lowest BCUT2D eigenvalue weighted by molar-refractivity contribution is 0.452. The van der Waals surface area contributed by atoms with Gasteiger partial charge >= 0.3 is 0 Å². The van der Waals surface area contributed by atoms with Crippen molar-refractivity contribution in [2.24, 2.45) is 0 Å². The molecule has 1 heterocycles. The van der Waals surface area contributed by atoms with Crippen LogP contribution in [0.3, 0.4) is 0 Å². The highest BCUT2D eigenvalue weighted by Crippen LogP contribution is 2.29. The lowest BCUT2D eigenvalue weighted by Gasteiger charge is -2.21. The van der Waals surface area contributed by atoms with Crippen molar-refractivity contribution in [3.8, 4) is 5.75 Å². The lowest BCUT2D eigenvalue weighted by Crippen LogP contribution is -2.20. The van der Waals surface area contributed by atoms with Gasteiger partial charge in [0, 0.05) is 37.0 Å². The molecule has 0 aliphatic carbocycles. The molecule has 0 amide bonds. The minimum atomic E-state index is 0.168. The highest BCUT2D eigenvalue weighted by Gasteiger charge is 2.11. The van der Waals surface area contributed by atoms with E-state index in [4.69, 9.17) is 0 Å². The molecular weight excluding hydrogens is 280 g/mol. The molecule has 0 saturated heterocycles. The van der Waals surface area contributed by atoms with Gasteiger partial charge in [-0.25, -0.2) is 0 Å². The second-order valence-electron chi connectivity index (χ2n) is 5.41. The molecule has 0 aliphatic heterocycles. The predicted molar refractivity (Wildman–Crippen MR) is 91.2 cm³/mol. The molecule has 0 radical (unpaired) electrons. The molecule has 114 valence electrons. The van der Waals surface area contributed by atoms with Crippen molar-refractivity contribution in [3.05, 3.63) is 46.2 Å². The first-order valence-electron chi connectivity index (χ1n) is 7.40. The van der Waals surface area contributed by atoms with E-state index in [2.05, 4.69) is 47.0 Å². The van der Waals surface area contributed by atoms with Gasteiger partial charge in [-0.1, -0.05) is 13.0 Å². The monoisotopic (exact) mass is 304 g/mol. The van der Waals surface area contributed by atoms with Crippen molar-refractivity contribution in [3.63, 3.8) is 0 Å². The van der Waals surface area contributed by atoms with Crippen LogP contribution in [0.4, 0.5) is 5.69 Å². The number of thiophene rings is 1. The molecule has 0 saturated carbocycles. The van der Waals surface area contributed by atoms with Gasteiger partial charge in [-0.3, -0.25) is 0 Å². The number of phenolic OH excluding ortho intramolecular Hbond substituents is 1. The number of nitrogens with zero attached hydrogens (tertiary/aromatic N) is 1. The predicted octanol–water partition coefficient (Wildman–Crippen LogP) is 4.15. The lowest BCUT2D eigenvalue weighted by atomic mass is 10.1. The van der Waals surface area contributed by atoms with Gasteiger partial charge in [0.25, 0.3) is 0 Å². The van der Waals surface area contributed by atoms with Crippen LogP contribution < -0.4 is 10.2 Å². The van der Waals surface area contributed by atoms with Gasteiger partial charge in [0.15, 0.2) is 0 Å². The highest BCUT2D eigenvalue weighted by molar-refractivity contribution is 7.07. The maximum atomic E-state index is 10.3. The Kier molecular flexibility index (Phi) is 5.65. The molecule has 2 aromatic rings. The van der Waals surface area contributed by atoms with E-state index in [1.54, 1.807) is 11.3 Å². The third-order valence-electron chi connectivity index (χ3n) is 3.62. The molecular formula is C17H24N2OS. The van der Waals surface area contributed by atoms with Gasteiger partial charge in [-0.2, -0.15) is 11.3 Å². The van der Waals surface area contributed by atoms with Crippen LogP contribution in [0.5, 0.6) is 5.75 Å². The molecule has 0 spiro atoms. The van der Waals surface area contributed by atoms with E-state index >= 15 is 0 Å². The van der Waals surface area contributed by atoms with Gasteiger partial charge < -0.3 is 15.3 Å². The topological polar surface area (TPSA) is 35.5 Å². The van der Waals surface area contributed by atoms with Gasteiger partial charge in [-0.15, -0.1) is 0 Å². The first-order chi connectivity index (χ1) is 10.1. The number of aromatic hydroxyl groups is 1. The number of nitrogens with one attached hydrogen (secondary N) is 1. The van der Waals surface area contributed by atoms with Crippen molar-refractivity contribution < 1.29 is 5.11 Å². The molecule has 0 bridgehead atoms. The summed E-state index contributed by atoms with van der Waals surface area (Å²) in [7, 11) is 2.05. The van der Waals surface area contributed by atoms with Crippen LogP contribution in [-0.4, -0.2) is 18.7 Å². The summed E-state index contributed by atoms with van der Waals surface area (Å²) >= 11 is 1.71. The Hall–Kier alpha value is -1.52. The summed E-state index contributed by atoms with van der Waals surface area (Å²) in [6.07, 6.45) is 1.09. The minimum absolute atomic E-state index is 0.168. The molecule has 2 rings (SSSR count). The number of hydrogen-bond donors (Lipinski definition) is 2. The van der Waals surface area contributed by atoms with Crippen molar-refractivity contribution in [2.45, 2.75) is 32.9 Å². The molecule has 21 heavy (non-hydrogen) atoms. The third-order valence-corrected chi connectivity index (χ3v) is 4.35. The van der Waals surface area contributed by atoms with Crippen molar-refractivity contribution in [2.75, 3.05) is 18.5 Å². The minimum Gasteiger partial charge on any atom is -0.508 e. The van der Waals surface area contributed by atoms with Gasteiger partial charge in [0.05, 0.1) is 0 Å². The van der Waals surface area contributed by atoms with Crippen molar-refractivity contribution >= 4 is 17.0 Å². The average Bonchev–Trinajstić information content (AvgIpc) is 2.97. The summed E-state index contributed by atoms with van der Waals surface area (Å²) in [5.41, 5.74) is 3.28. The van der Waals surface area contributed by atoms with E-state index in [1.807, 2.05) is 19.2 Å². The van der Waals surface area contributed by atoms with Crippen molar-refractivity contribution in [1.82, 2.24) is 5.32 Å². The van der Waals surface area contributed by atoms with Gasteiger partial charge in [0.2, 0.25) is 0 Å². The Morgan fingerprint density at radius 3 is 2.76 bits per heavy atom. The molecule has 1 aromatic carbocycles. The summed E-state index contributed by atoms with van der Waals surface area (Å²) < 4.78 is 0. The molecule has 0 aliphatic rings. The zero-order valence-corrected chi connectivity index (χ0v) is 13.8. The largest absolute Gasteiger partial charge is 0.508 e. The number of anilines is 1. The molecule has 3 nitrogen and oxygen atoms in total. The SMILES string of the molecule is CCCNC(C)c1ccc(N(C)Cc2ccsc2)cc1O. The summed E-state index contributed by atoms with van der Waals surface area (Å²) in [5, 5.41) is 17.9. The quantitative estimate of drug-likeness (QED) is 0.806. The molecule has 1 atom stereocenters. The van der Waals surface area contributed by atoms with Crippen LogP contribution >= 0.6 is 11.3 Å². The molecule has 0 fully saturated rings. The standard InChI is InChI=1S/C17H24N2OS/c1-4-8-18-13(2)16-6-5-15(10-17(16)20)19(3)11-14-7-9-21-12-14/h5-7,9-10,12-13,18,20H,4,8,11H2,1-3H3. The van der Waals surface area contributed by atoms with Crippen molar-refractivity contribution in [1.29, 1.82) is 0 Å². The molecule has 1 unspecified atom stereocenters. The normalized spacial score (nSPS) is 12.3. The second-order valence-corrected chi connectivity index (χ2v) is 6.19.